The summed E-state index contributed by atoms with van der Waals surface area (Å²) in [7, 11) is 0. The molecule has 2 N–H and O–H groups in total. The summed E-state index contributed by atoms with van der Waals surface area (Å²) in [5.74, 6) is 0. The van der Waals surface area contributed by atoms with Crippen LogP contribution >= 0.6 is 0 Å². The largest absolute Gasteiger partial charge is 0.314 e. The Morgan fingerprint density at radius 2 is 2.25 bits per heavy atom. The topological polar surface area (TPSA) is 35.9 Å². The summed E-state index contributed by atoms with van der Waals surface area (Å²) in [5.41, 5.74) is 1.01. The molecule has 1 saturated heterocycles. The van der Waals surface area contributed by atoms with Crippen LogP contribution in [0, 0.1) is 5.41 Å². The van der Waals surface area contributed by atoms with E-state index in [1.54, 1.807) is 0 Å². The van der Waals surface area contributed by atoms with Gasteiger partial charge in [-0.25, -0.2) is 0 Å². The van der Waals surface area contributed by atoms with Gasteiger partial charge in [-0.3, -0.25) is 0 Å². The van der Waals surface area contributed by atoms with Gasteiger partial charge in [0.15, 0.2) is 0 Å². The molecule has 0 radical (unpaired) electrons. The molecule has 0 aromatic carbocycles. The first-order valence-electron chi connectivity index (χ1n) is 4.57. The van der Waals surface area contributed by atoms with E-state index in [1.165, 1.54) is 25.6 Å². The number of hydrogen-bond donors (Lipinski definition) is 2. The van der Waals surface area contributed by atoms with Crippen molar-refractivity contribution in [2.24, 2.45) is 0 Å². The second-order valence-corrected chi connectivity index (χ2v) is 3.17. The molecule has 0 aliphatic carbocycles. The minimum absolute atomic E-state index is 0.796. The van der Waals surface area contributed by atoms with Crippen molar-refractivity contribution < 1.29 is 0 Å². The van der Waals surface area contributed by atoms with Crippen LogP contribution in [0.15, 0.2) is 11.6 Å². The van der Waals surface area contributed by atoms with Crippen molar-refractivity contribution in [2.75, 3.05) is 6.54 Å². The fraction of sp³-hybridized carbons (Fsp3) is 0.700. The SMILES string of the molecule is C/C=C(/C)C=N.CC1CCCN1. The van der Waals surface area contributed by atoms with Gasteiger partial charge in [0, 0.05) is 12.3 Å². The Balaban J connectivity index is 0.000000202. The lowest BCUT2D eigenvalue weighted by Crippen LogP contribution is -2.16. The van der Waals surface area contributed by atoms with Gasteiger partial charge >= 0.3 is 0 Å². The van der Waals surface area contributed by atoms with E-state index >= 15 is 0 Å². The first-order valence-corrected chi connectivity index (χ1v) is 4.57. The Bertz CT molecular complexity index is 144. The van der Waals surface area contributed by atoms with E-state index < -0.39 is 0 Å². The van der Waals surface area contributed by atoms with Crippen LogP contribution in [0.25, 0.3) is 0 Å². The summed E-state index contributed by atoms with van der Waals surface area (Å²) in [5, 5.41) is 9.93. The highest BCUT2D eigenvalue weighted by molar-refractivity contribution is 5.74. The fourth-order valence-electron chi connectivity index (χ4n) is 0.942. The molecule has 0 aromatic heterocycles. The Morgan fingerprint density at radius 3 is 2.33 bits per heavy atom. The molecule has 0 saturated carbocycles. The molecule has 12 heavy (non-hydrogen) atoms. The van der Waals surface area contributed by atoms with Crippen LogP contribution < -0.4 is 5.32 Å². The smallest absolute Gasteiger partial charge is 0.0203 e. The van der Waals surface area contributed by atoms with Gasteiger partial charge in [-0.05, 0) is 45.7 Å². The highest BCUT2D eigenvalue weighted by atomic mass is 14.9. The summed E-state index contributed by atoms with van der Waals surface area (Å²) >= 11 is 0. The molecule has 1 atom stereocenters. The van der Waals surface area contributed by atoms with Gasteiger partial charge in [-0.15, -0.1) is 0 Å². The summed E-state index contributed by atoms with van der Waals surface area (Å²) in [6, 6.07) is 0.796. The Labute approximate surface area is 75.6 Å². The Kier molecular flexibility index (Phi) is 6.67. The molecule has 1 fully saturated rings. The van der Waals surface area contributed by atoms with Crippen molar-refractivity contribution in [3.05, 3.63) is 11.6 Å². The first kappa shape index (κ1) is 11.4. The van der Waals surface area contributed by atoms with E-state index in [0.29, 0.717) is 0 Å². The van der Waals surface area contributed by atoms with Gasteiger partial charge in [0.2, 0.25) is 0 Å². The molecule has 0 spiro atoms. The average Bonchev–Trinajstić information content (AvgIpc) is 2.55. The van der Waals surface area contributed by atoms with Gasteiger partial charge in [0.25, 0.3) is 0 Å². The van der Waals surface area contributed by atoms with Gasteiger partial charge in [0.1, 0.15) is 0 Å². The second kappa shape index (κ2) is 7.04. The molecular formula is C10H20N2. The van der Waals surface area contributed by atoms with Crippen molar-refractivity contribution in [2.45, 2.75) is 39.7 Å². The average molecular weight is 168 g/mol. The third-order valence-corrected chi connectivity index (χ3v) is 1.99. The van der Waals surface area contributed by atoms with E-state index in [0.717, 1.165) is 11.6 Å². The molecular weight excluding hydrogens is 148 g/mol. The van der Waals surface area contributed by atoms with Crippen LogP contribution in [0.3, 0.4) is 0 Å². The normalized spacial score (nSPS) is 22.9. The standard InChI is InChI=1S/C5H11N.C5H9N/c1-5-3-2-4-6-5;1-3-5(2)4-6/h5-6H,2-4H2,1H3;3-4,6H,1-2H3/b;5-3-,6-4?. The number of hydrogen-bond acceptors (Lipinski definition) is 2. The van der Waals surface area contributed by atoms with Crippen molar-refractivity contribution in [3.63, 3.8) is 0 Å². The molecule has 1 rings (SSSR count). The minimum atomic E-state index is 0.796. The molecule has 1 aliphatic rings. The summed E-state index contributed by atoms with van der Waals surface area (Å²) < 4.78 is 0. The predicted octanol–water partition coefficient (Wildman–Crippen LogP) is 2.36. The predicted molar refractivity (Wildman–Crippen MR) is 54.9 cm³/mol. The van der Waals surface area contributed by atoms with E-state index in [-0.39, 0.29) is 0 Å². The van der Waals surface area contributed by atoms with E-state index in [2.05, 4.69) is 12.2 Å². The van der Waals surface area contributed by atoms with Crippen LogP contribution in [-0.4, -0.2) is 18.8 Å². The van der Waals surface area contributed by atoms with Gasteiger partial charge in [0.05, 0.1) is 0 Å². The molecule has 1 unspecified atom stereocenters. The van der Waals surface area contributed by atoms with Crippen LogP contribution in [0.2, 0.25) is 0 Å². The van der Waals surface area contributed by atoms with Crippen molar-refractivity contribution in [1.29, 1.82) is 5.41 Å². The van der Waals surface area contributed by atoms with Gasteiger partial charge < -0.3 is 10.7 Å². The maximum absolute atomic E-state index is 6.62. The van der Waals surface area contributed by atoms with E-state index in [9.17, 15) is 0 Å². The quantitative estimate of drug-likeness (QED) is 0.579. The van der Waals surface area contributed by atoms with Crippen LogP contribution in [0.4, 0.5) is 0 Å². The highest BCUT2D eigenvalue weighted by Gasteiger charge is 2.05. The highest BCUT2D eigenvalue weighted by Crippen LogP contribution is 2.01. The molecule has 1 heterocycles. The molecule has 0 amide bonds. The van der Waals surface area contributed by atoms with Crippen molar-refractivity contribution in [1.82, 2.24) is 5.32 Å². The number of rotatable bonds is 1. The van der Waals surface area contributed by atoms with Crippen LogP contribution in [0.5, 0.6) is 0 Å². The number of nitrogens with one attached hydrogen (secondary N) is 2. The maximum atomic E-state index is 6.62. The van der Waals surface area contributed by atoms with Gasteiger partial charge in [-0.1, -0.05) is 6.08 Å². The second-order valence-electron chi connectivity index (χ2n) is 3.17. The monoisotopic (exact) mass is 168 g/mol. The zero-order valence-electron chi connectivity index (χ0n) is 8.35. The third kappa shape index (κ3) is 6.10. The first-order chi connectivity index (χ1) is 5.70. The molecule has 0 aromatic rings. The van der Waals surface area contributed by atoms with Gasteiger partial charge in [-0.2, -0.15) is 0 Å². The molecule has 1 aliphatic heterocycles. The molecule has 0 bridgehead atoms. The van der Waals surface area contributed by atoms with Crippen LogP contribution in [-0.2, 0) is 0 Å². The lowest BCUT2D eigenvalue weighted by atomic mass is 10.3. The third-order valence-electron chi connectivity index (χ3n) is 1.99. The Morgan fingerprint density at radius 1 is 1.58 bits per heavy atom. The van der Waals surface area contributed by atoms with E-state index in [1.807, 2.05) is 19.9 Å². The lowest BCUT2D eigenvalue weighted by Gasteiger charge is -1.95. The molecule has 70 valence electrons. The van der Waals surface area contributed by atoms with Crippen LogP contribution in [0.1, 0.15) is 33.6 Å². The zero-order valence-corrected chi connectivity index (χ0v) is 8.35. The summed E-state index contributed by atoms with van der Waals surface area (Å²) in [6.45, 7) is 7.28. The minimum Gasteiger partial charge on any atom is -0.314 e. The lowest BCUT2D eigenvalue weighted by molar-refractivity contribution is 0.664. The Hall–Kier alpha value is -0.630. The summed E-state index contributed by atoms with van der Waals surface area (Å²) in [6.07, 6.45) is 5.98. The maximum Gasteiger partial charge on any atom is 0.0203 e. The fourth-order valence-corrected chi connectivity index (χ4v) is 0.942. The number of allylic oxidation sites excluding steroid dienone is 2. The molecule has 2 heteroatoms. The molecule has 2 nitrogen and oxygen atoms in total. The summed E-state index contributed by atoms with van der Waals surface area (Å²) in [4.78, 5) is 0. The van der Waals surface area contributed by atoms with Crippen molar-refractivity contribution >= 4 is 6.21 Å². The van der Waals surface area contributed by atoms with Crippen molar-refractivity contribution in [3.8, 4) is 0 Å². The zero-order chi connectivity index (χ0) is 9.40. The van der Waals surface area contributed by atoms with E-state index in [4.69, 9.17) is 5.41 Å².